The number of hydrogen-bond acceptors (Lipinski definition) is 4. The summed E-state index contributed by atoms with van der Waals surface area (Å²) in [6.45, 7) is 0.208. The number of imide groups is 2. The highest BCUT2D eigenvalue weighted by molar-refractivity contribution is 6.41. The molecule has 6 nitrogen and oxygen atoms in total. The second kappa shape index (κ2) is 9.60. The van der Waals surface area contributed by atoms with Crippen LogP contribution in [0, 0.1) is 0 Å². The molecular formula is C38H20Cl2N2O4. The van der Waals surface area contributed by atoms with E-state index in [0.29, 0.717) is 43.1 Å². The van der Waals surface area contributed by atoms with Gasteiger partial charge in [-0.3, -0.25) is 29.0 Å². The van der Waals surface area contributed by atoms with Gasteiger partial charge in [-0.1, -0.05) is 71.7 Å². The van der Waals surface area contributed by atoms with E-state index in [-0.39, 0.29) is 36.7 Å². The molecule has 46 heavy (non-hydrogen) atoms. The summed E-state index contributed by atoms with van der Waals surface area (Å²) in [5.74, 6) is -1.47. The zero-order chi connectivity index (χ0) is 31.4. The summed E-state index contributed by atoms with van der Waals surface area (Å²) in [6, 6.07) is 29.0. The Morgan fingerprint density at radius 2 is 0.739 bits per heavy atom. The summed E-state index contributed by atoms with van der Waals surface area (Å²) >= 11 is 12.3. The van der Waals surface area contributed by atoms with Crippen molar-refractivity contribution < 1.29 is 19.2 Å². The Morgan fingerprint density at radius 3 is 1.04 bits per heavy atom. The normalized spacial score (nSPS) is 14.6. The lowest BCUT2D eigenvalue weighted by atomic mass is 9.82. The number of fused-ring (bicyclic) bond motifs is 2. The van der Waals surface area contributed by atoms with E-state index in [4.69, 9.17) is 23.2 Å². The highest BCUT2D eigenvalue weighted by Gasteiger charge is 2.37. The van der Waals surface area contributed by atoms with Crippen LogP contribution in [0.4, 0.5) is 0 Å². The third-order valence-corrected chi connectivity index (χ3v) is 9.73. The molecule has 4 amide bonds. The molecule has 2 aliphatic rings. The van der Waals surface area contributed by atoms with Crippen LogP contribution in [0.5, 0.6) is 0 Å². The molecule has 0 atom stereocenters. The average Bonchev–Trinajstić information content (AvgIpc) is 3.05. The Labute approximate surface area is 271 Å². The Kier molecular flexibility index (Phi) is 5.64. The number of carbonyl (C=O) groups is 4. The molecule has 0 aliphatic carbocycles. The van der Waals surface area contributed by atoms with Crippen molar-refractivity contribution in [1.82, 2.24) is 9.80 Å². The summed E-state index contributed by atoms with van der Waals surface area (Å²) in [7, 11) is 0. The zero-order valence-electron chi connectivity index (χ0n) is 23.9. The summed E-state index contributed by atoms with van der Waals surface area (Å²) in [5, 5.41) is 7.30. The van der Waals surface area contributed by atoms with Crippen LogP contribution in [0.25, 0.3) is 43.1 Å². The minimum Gasteiger partial charge on any atom is -0.270 e. The second-order valence-electron chi connectivity index (χ2n) is 11.8. The first-order chi connectivity index (χ1) is 22.3. The molecule has 0 aromatic heterocycles. The first kappa shape index (κ1) is 27.0. The minimum atomic E-state index is -0.367. The first-order valence-electron chi connectivity index (χ1n) is 14.7. The number of rotatable bonds is 4. The van der Waals surface area contributed by atoms with Crippen LogP contribution < -0.4 is 0 Å². The van der Waals surface area contributed by atoms with Gasteiger partial charge in [0.1, 0.15) is 0 Å². The van der Waals surface area contributed by atoms with Crippen LogP contribution in [-0.2, 0) is 13.1 Å². The molecule has 2 aliphatic heterocycles. The predicted molar refractivity (Wildman–Crippen MR) is 179 cm³/mol. The highest BCUT2D eigenvalue weighted by atomic mass is 35.5. The topological polar surface area (TPSA) is 74.8 Å². The molecular weight excluding hydrogens is 619 g/mol. The van der Waals surface area contributed by atoms with Crippen LogP contribution in [0.3, 0.4) is 0 Å². The molecule has 9 rings (SSSR count). The van der Waals surface area contributed by atoms with Gasteiger partial charge < -0.3 is 0 Å². The number of carbonyl (C=O) groups excluding carboxylic acids is 4. The number of nitrogens with zero attached hydrogens (tertiary/aromatic N) is 2. The van der Waals surface area contributed by atoms with Crippen LogP contribution in [0.2, 0.25) is 10.0 Å². The minimum absolute atomic E-state index is 0.104. The van der Waals surface area contributed by atoms with Gasteiger partial charge in [0, 0.05) is 43.1 Å². The van der Waals surface area contributed by atoms with Crippen molar-refractivity contribution in [2.45, 2.75) is 13.1 Å². The van der Waals surface area contributed by atoms with E-state index >= 15 is 0 Å². The van der Waals surface area contributed by atoms with Gasteiger partial charge in [0.2, 0.25) is 0 Å². The van der Waals surface area contributed by atoms with Crippen molar-refractivity contribution in [2.24, 2.45) is 0 Å². The molecule has 0 N–H and O–H groups in total. The smallest absolute Gasteiger partial charge is 0.261 e. The fourth-order valence-corrected chi connectivity index (χ4v) is 7.72. The molecule has 0 bridgehead atoms. The molecule has 8 heteroatoms. The summed E-state index contributed by atoms with van der Waals surface area (Å²) in [4.78, 5) is 57.9. The van der Waals surface area contributed by atoms with Crippen molar-refractivity contribution in [3.63, 3.8) is 0 Å². The number of benzene rings is 7. The van der Waals surface area contributed by atoms with E-state index in [2.05, 4.69) is 0 Å². The van der Waals surface area contributed by atoms with Crippen molar-refractivity contribution in [3.8, 4) is 0 Å². The number of hydrogen-bond donors (Lipinski definition) is 0. The van der Waals surface area contributed by atoms with Crippen molar-refractivity contribution >= 4 is 89.9 Å². The van der Waals surface area contributed by atoms with Crippen molar-refractivity contribution in [2.75, 3.05) is 0 Å². The summed E-state index contributed by atoms with van der Waals surface area (Å²) < 4.78 is 0. The Balaban J connectivity index is 1.23. The van der Waals surface area contributed by atoms with Crippen LogP contribution >= 0.6 is 23.2 Å². The Morgan fingerprint density at radius 1 is 0.413 bits per heavy atom. The van der Waals surface area contributed by atoms with E-state index in [1.807, 2.05) is 36.4 Å². The van der Waals surface area contributed by atoms with Gasteiger partial charge in [-0.2, -0.15) is 0 Å². The van der Waals surface area contributed by atoms with E-state index < -0.39 is 0 Å². The first-order valence-corrected chi connectivity index (χ1v) is 15.5. The van der Waals surface area contributed by atoms with E-state index in [9.17, 15) is 19.2 Å². The monoisotopic (exact) mass is 638 g/mol. The van der Waals surface area contributed by atoms with Crippen LogP contribution in [0.1, 0.15) is 52.6 Å². The van der Waals surface area contributed by atoms with Crippen LogP contribution in [0.15, 0.2) is 97.1 Å². The quantitative estimate of drug-likeness (QED) is 0.110. The summed E-state index contributed by atoms with van der Waals surface area (Å²) in [5.41, 5.74) is 3.32. The molecule has 0 unspecified atom stereocenters. The standard InChI is InChI=1S/C38H20Cl2N2O4/c39-21-5-1-3-19(15-21)17-41-35(43)27-11-7-23-25-9-13-29-34-30(38(46)42(37(29)45)18-20-4-2-6-22(40)16-20)14-10-26(32(25)34)24-8-12-28(36(41)44)33(27)31(23)24/h1-16H,17-18H2. The second-order valence-corrected chi connectivity index (χ2v) is 12.7. The van der Waals surface area contributed by atoms with Crippen molar-refractivity contribution in [1.29, 1.82) is 0 Å². The number of amides is 4. The summed E-state index contributed by atoms with van der Waals surface area (Å²) in [6.07, 6.45) is 0. The Bertz CT molecular complexity index is 2260. The molecule has 7 aromatic carbocycles. The zero-order valence-corrected chi connectivity index (χ0v) is 25.4. The number of halogens is 2. The van der Waals surface area contributed by atoms with E-state index in [1.54, 1.807) is 60.7 Å². The molecule has 0 radical (unpaired) electrons. The fraction of sp³-hybridized carbons (Fsp3) is 0.0526. The van der Waals surface area contributed by atoms with E-state index in [0.717, 1.165) is 43.4 Å². The molecule has 0 saturated carbocycles. The predicted octanol–water partition coefficient (Wildman–Crippen LogP) is 8.64. The molecule has 0 saturated heterocycles. The van der Waals surface area contributed by atoms with Gasteiger partial charge in [0.05, 0.1) is 13.1 Å². The maximum absolute atomic E-state index is 13.8. The van der Waals surface area contributed by atoms with Gasteiger partial charge in [-0.15, -0.1) is 0 Å². The third-order valence-electron chi connectivity index (χ3n) is 9.26. The van der Waals surface area contributed by atoms with Gasteiger partial charge in [-0.25, -0.2) is 0 Å². The fourth-order valence-electron chi connectivity index (χ4n) is 7.29. The lowest BCUT2D eigenvalue weighted by molar-refractivity contribution is 0.0583. The maximum Gasteiger partial charge on any atom is 0.261 e. The lowest BCUT2D eigenvalue weighted by Crippen LogP contribution is -2.40. The van der Waals surface area contributed by atoms with Gasteiger partial charge in [0.15, 0.2) is 0 Å². The Hall–Kier alpha value is -5.30. The highest BCUT2D eigenvalue weighted by Crippen LogP contribution is 2.46. The van der Waals surface area contributed by atoms with E-state index in [1.165, 1.54) is 9.80 Å². The maximum atomic E-state index is 13.8. The molecule has 2 heterocycles. The average molecular weight is 639 g/mol. The van der Waals surface area contributed by atoms with Gasteiger partial charge in [-0.05, 0) is 92.0 Å². The van der Waals surface area contributed by atoms with Gasteiger partial charge >= 0.3 is 0 Å². The SMILES string of the molecule is O=C1c2ccc3c4ccc5c6c(ccc(c7ccc(c2c37)C(=O)N1Cc1cccc(Cl)c1)c64)C(=O)N(Cc1cccc(Cl)c1)C5=O. The molecule has 0 fully saturated rings. The van der Waals surface area contributed by atoms with Gasteiger partial charge in [0.25, 0.3) is 23.6 Å². The molecule has 0 spiro atoms. The van der Waals surface area contributed by atoms with Crippen molar-refractivity contribution in [3.05, 3.63) is 140 Å². The molecule has 220 valence electrons. The van der Waals surface area contributed by atoms with Crippen LogP contribution in [-0.4, -0.2) is 33.4 Å². The largest absolute Gasteiger partial charge is 0.270 e. The lowest BCUT2D eigenvalue weighted by Gasteiger charge is -2.30. The third kappa shape index (κ3) is 3.65. The molecule has 7 aromatic rings.